The van der Waals surface area contributed by atoms with E-state index in [-0.39, 0.29) is 11.9 Å². The number of nitrogens with one attached hydrogen (secondary N) is 1. The molecule has 0 aliphatic carbocycles. The van der Waals surface area contributed by atoms with Crippen LogP contribution in [0.2, 0.25) is 0 Å². The van der Waals surface area contributed by atoms with E-state index in [2.05, 4.69) is 19.2 Å². The summed E-state index contributed by atoms with van der Waals surface area (Å²) >= 11 is 0. The van der Waals surface area contributed by atoms with Gasteiger partial charge in [-0.3, -0.25) is 0 Å². The maximum atomic E-state index is 12.1. The molecule has 0 aromatic carbocycles. The molecular formula is C17H33NO4. The van der Waals surface area contributed by atoms with Gasteiger partial charge in [-0.1, -0.05) is 47.5 Å². The Kier molecular flexibility index (Phi) is 11.6. The molecule has 1 N–H and O–H groups in total. The first-order chi connectivity index (χ1) is 10.4. The van der Waals surface area contributed by atoms with E-state index in [1.54, 1.807) is 0 Å². The topological polar surface area (TPSA) is 64.6 Å². The number of hydrogen-bond donors (Lipinski definition) is 1. The van der Waals surface area contributed by atoms with E-state index >= 15 is 0 Å². The van der Waals surface area contributed by atoms with Crippen LogP contribution in [0.1, 0.15) is 66.7 Å². The number of carbonyl (C=O) groups is 2. The maximum Gasteiger partial charge on any atom is 0.407 e. The first kappa shape index (κ1) is 20.7. The molecule has 1 atom stereocenters. The van der Waals surface area contributed by atoms with Crippen molar-refractivity contribution < 1.29 is 19.1 Å². The van der Waals surface area contributed by atoms with Crippen LogP contribution in [0.15, 0.2) is 0 Å². The number of carbonyl (C=O) groups excluding carboxylic acids is 2. The zero-order chi connectivity index (χ0) is 17.0. The highest BCUT2D eigenvalue weighted by molar-refractivity contribution is 5.81. The minimum absolute atomic E-state index is 0.267. The van der Waals surface area contributed by atoms with Crippen LogP contribution in [-0.2, 0) is 14.3 Å². The fourth-order valence-electron chi connectivity index (χ4n) is 1.85. The zero-order valence-electron chi connectivity index (χ0n) is 14.8. The minimum atomic E-state index is -0.612. The Morgan fingerprint density at radius 3 is 2.18 bits per heavy atom. The van der Waals surface area contributed by atoms with Crippen LogP contribution in [0, 0.1) is 11.8 Å². The van der Waals surface area contributed by atoms with E-state index in [1.165, 1.54) is 0 Å². The summed E-state index contributed by atoms with van der Waals surface area (Å²) in [6, 6.07) is -0.612. The highest BCUT2D eigenvalue weighted by Crippen LogP contribution is 2.07. The molecule has 0 aromatic heterocycles. The molecule has 0 saturated heterocycles. The van der Waals surface area contributed by atoms with Gasteiger partial charge in [0.25, 0.3) is 0 Å². The summed E-state index contributed by atoms with van der Waals surface area (Å²) in [6.45, 7) is 11.0. The SMILES string of the molecule is CCCCC(NC(=O)OCC(C)C)C(=O)OCCCC(C)C. The molecule has 22 heavy (non-hydrogen) atoms. The van der Waals surface area contributed by atoms with Gasteiger partial charge in [-0.15, -0.1) is 0 Å². The Morgan fingerprint density at radius 2 is 1.64 bits per heavy atom. The fraction of sp³-hybridized carbons (Fsp3) is 0.882. The zero-order valence-corrected chi connectivity index (χ0v) is 14.8. The van der Waals surface area contributed by atoms with Gasteiger partial charge in [0, 0.05) is 0 Å². The Labute approximate surface area is 135 Å². The summed E-state index contributed by atoms with van der Waals surface area (Å²) in [5.74, 6) is 0.500. The van der Waals surface area contributed by atoms with Crippen molar-refractivity contribution in [2.45, 2.75) is 72.8 Å². The second kappa shape index (κ2) is 12.3. The fourth-order valence-corrected chi connectivity index (χ4v) is 1.85. The van der Waals surface area contributed by atoms with Gasteiger partial charge in [0.15, 0.2) is 0 Å². The number of ether oxygens (including phenoxy) is 2. The molecule has 0 aliphatic heterocycles. The van der Waals surface area contributed by atoms with Crippen LogP contribution in [0.3, 0.4) is 0 Å². The second-order valence-corrected chi connectivity index (χ2v) is 6.54. The lowest BCUT2D eigenvalue weighted by molar-refractivity contribution is -0.146. The quantitative estimate of drug-likeness (QED) is 0.464. The minimum Gasteiger partial charge on any atom is -0.464 e. The van der Waals surface area contributed by atoms with Crippen molar-refractivity contribution in [1.82, 2.24) is 5.32 Å². The van der Waals surface area contributed by atoms with Gasteiger partial charge in [-0.2, -0.15) is 0 Å². The molecule has 130 valence electrons. The molecule has 5 nitrogen and oxygen atoms in total. The molecule has 0 spiro atoms. The number of amides is 1. The predicted octanol–water partition coefficient (Wildman–Crippen LogP) is 3.91. The Balaban J connectivity index is 4.23. The summed E-state index contributed by atoms with van der Waals surface area (Å²) in [4.78, 5) is 23.8. The summed E-state index contributed by atoms with van der Waals surface area (Å²) < 4.78 is 10.3. The Morgan fingerprint density at radius 1 is 0.955 bits per heavy atom. The summed E-state index contributed by atoms with van der Waals surface area (Å²) in [6.07, 6.45) is 3.72. The third-order valence-electron chi connectivity index (χ3n) is 3.14. The van der Waals surface area contributed by atoms with E-state index in [4.69, 9.17) is 9.47 Å². The number of unbranched alkanes of at least 4 members (excludes halogenated alkanes) is 1. The van der Waals surface area contributed by atoms with Gasteiger partial charge in [-0.25, -0.2) is 9.59 Å². The molecule has 0 aromatic rings. The van der Waals surface area contributed by atoms with Crippen molar-refractivity contribution in [3.63, 3.8) is 0 Å². The Hall–Kier alpha value is -1.26. The highest BCUT2D eigenvalue weighted by atomic mass is 16.6. The first-order valence-electron chi connectivity index (χ1n) is 8.46. The van der Waals surface area contributed by atoms with E-state index in [0.717, 1.165) is 25.7 Å². The molecule has 5 heteroatoms. The van der Waals surface area contributed by atoms with Crippen LogP contribution in [-0.4, -0.2) is 31.3 Å². The molecule has 0 aliphatic rings. The molecule has 0 radical (unpaired) electrons. The number of alkyl carbamates (subject to hydrolysis) is 1. The normalized spacial score (nSPS) is 12.3. The molecular weight excluding hydrogens is 282 g/mol. The van der Waals surface area contributed by atoms with Crippen molar-refractivity contribution >= 4 is 12.1 Å². The molecule has 0 saturated carbocycles. The van der Waals surface area contributed by atoms with Crippen LogP contribution in [0.5, 0.6) is 0 Å². The van der Waals surface area contributed by atoms with Crippen LogP contribution in [0.4, 0.5) is 4.79 Å². The lowest BCUT2D eigenvalue weighted by atomic mass is 10.1. The van der Waals surface area contributed by atoms with Gasteiger partial charge in [0.05, 0.1) is 13.2 Å². The Bertz CT molecular complexity index is 316. The van der Waals surface area contributed by atoms with Crippen molar-refractivity contribution in [1.29, 1.82) is 0 Å². The van der Waals surface area contributed by atoms with Crippen molar-refractivity contribution in [2.75, 3.05) is 13.2 Å². The number of hydrogen-bond acceptors (Lipinski definition) is 4. The number of esters is 1. The predicted molar refractivity (Wildman–Crippen MR) is 87.7 cm³/mol. The number of rotatable bonds is 11. The van der Waals surface area contributed by atoms with Crippen LogP contribution < -0.4 is 5.32 Å². The van der Waals surface area contributed by atoms with Crippen molar-refractivity contribution in [2.24, 2.45) is 11.8 Å². The van der Waals surface area contributed by atoms with E-state index in [1.807, 2.05) is 20.8 Å². The summed E-state index contributed by atoms with van der Waals surface area (Å²) in [5, 5.41) is 2.62. The lowest BCUT2D eigenvalue weighted by Gasteiger charge is -2.18. The van der Waals surface area contributed by atoms with Crippen molar-refractivity contribution in [3.8, 4) is 0 Å². The molecule has 1 amide bonds. The largest absolute Gasteiger partial charge is 0.464 e. The van der Waals surface area contributed by atoms with Gasteiger partial charge < -0.3 is 14.8 Å². The average molecular weight is 315 g/mol. The summed E-state index contributed by atoms with van der Waals surface area (Å²) in [7, 11) is 0. The first-order valence-corrected chi connectivity index (χ1v) is 8.46. The lowest BCUT2D eigenvalue weighted by Crippen LogP contribution is -2.42. The van der Waals surface area contributed by atoms with Gasteiger partial charge >= 0.3 is 12.1 Å². The maximum absolute atomic E-state index is 12.1. The average Bonchev–Trinajstić information content (AvgIpc) is 2.45. The third-order valence-corrected chi connectivity index (χ3v) is 3.14. The van der Waals surface area contributed by atoms with E-state index in [9.17, 15) is 9.59 Å². The van der Waals surface area contributed by atoms with Crippen LogP contribution in [0.25, 0.3) is 0 Å². The molecule has 0 fully saturated rings. The molecule has 1 unspecified atom stereocenters. The third kappa shape index (κ3) is 11.4. The smallest absolute Gasteiger partial charge is 0.407 e. The highest BCUT2D eigenvalue weighted by Gasteiger charge is 2.22. The molecule has 0 heterocycles. The standard InChI is InChI=1S/C17H33NO4/c1-6-7-10-15(18-17(20)22-12-14(4)5)16(19)21-11-8-9-13(2)3/h13-15H,6-12H2,1-5H3,(H,18,20). The van der Waals surface area contributed by atoms with Gasteiger partial charge in [-0.05, 0) is 31.1 Å². The van der Waals surface area contributed by atoms with E-state index in [0.29, 0.717) is 25.6 Å². The summed E-state index contributed by atoms with van der Waals surface area (Å²) in [5.41, 5.74) is 0. The van der Waals surface area contributed by atoms with Crippen molar-refractivity contribution in [3.05, 3.63) is 0 Å². The molecule has 0 rings (SSSR count). The second-order valence-electron chi connectivity index (χ2n) is 6.54. The monoisotopic (exact) mass is 315 g/mol. The van der Waals surface area contributed by atoms with E-state index < -0.39 is 12.1 Å². The van der Waals surface area contributed by atoms with Gasteiger partial charge in [0.2, 0.25) is 0 Å². The molecule has 0 bridgehead atoms. The van der Waals surface area contributed by atoms with Gasteiger partial charge in [0.1, 0.15) is 6.04 Å². The van der Waals surface area contributed by atoms with Crippen LogP contribution >= 0.6 is 0 Å².